The van der Waals surface area contributed by atoms with Crippen molar-refractivity contribution in [3.63, 3.8) is 0 Å². The molecule has 0 spiro atoms. The minimum atomic E-state index is -0.516. The highest BCUT2D eigenvalue weighted by Gasteiger charge is 2.25. The van der Waals surface area contributed by atoms with E-state index in [4.69, 9.17) is 10.5 Å². The fraction of sp³-hybridized carbons (Fsp3) is 0.200. The number of nitrogens with one attached hydrogen (secondary N) is 1. The van der Waals surface area contributed by atoms with Gasteiger partial charge in [-0.3, -0.25) is 4.79 Å². The summed E-state index contributed by atoms with van der Waals surface area (Å²) in [5, 5.41) is 15.5. The molecule has 2 aromatic rings. The minimum absolute atomic E-state index is 0.190. The van der Waals surface area contributed by atoms with E-state index in [2.05, 4.69) is 10.5 Å². The van der Waals surface area contributed by atoms with Gasteiger partial charge in [-0.05, 0) is 42.3 Å². The summed E-state index contributed by atoms with van der Waals surface area (Å²) in [6.45, 7) is 2.41. The Kier molecular flexibility index (Phi) is 5.34. The molecule has 1 aliphatic rings. The number of ether oxygens (including phenoxy) is 1. The molecular weight excluding hydrogens is 330 g/mol. The number of carbonyl (C=O) groups is 1. The van der Waals surface area contributed by atoms with Crippen LogP contribution in [0, 0.1) is 0 Å². The van der Waals surface area contributed by atoms with Crippen molar-refractivity contribution in [1.29, 1.82) is 0 Å². The van der Waals surface area contributed by atoms with E-state index in [0.29, 0.717) is 24.6 Å². The predicted molar refractivity (Wildman–Crippen MR) is 101 cm³/mol. The lowest BCUT2D eigenvalue weighted by atomic mass is 10.1. The molecule has 0 aliphatic heterocycles. The molecule has 0 saturated carbocycles. The van der Waals surface area contributed by atoms with Crippen molar-refractivity contribution in [3.05, 3.63) is 65.7 Å². The van der Waals surface area contributed by atoms with Crippen LogP contribution < -0.4 is 15.8 Å². The van der Waals surface area contributed by atoms with E-state index in [1.165, 1.54) is 0 Å². The van der Waals surface area contributed by atoms with Crippen molar-refractivity contribution in [1.82, 2.24) is 5.32 Å². The zero-order valence-electron chi connectivity index (χ0n) is 14.5. The summed E-state index contributed by atoms with van der Waals surface area (Å²) in [7, 11) is 0. The Hall–Kier alpha value is -3.12. The minimum Gasteiger partial charge on any atom is -0.490 e. The van der Waals surface area contributed by atoms with Crippen LogP contribution in [-0.2, 0) is 4.79 Å². The van der Waals surface area contributed by atoms with Gasteiger partial charge in [-0.15, -0.1) is 0 Å². The number of hydrogen-bond donors (Lipinski definition) is 3. The van der Waals surface area contributed by atoms with Crippen LogP contribution in [0.3, 0.4) is 0 Å². The van der Waals surface area contributed by atoms with Crippen molar-refractivity contribution in [2.45, 2.75) is 13.0 Å². The van der Waals surface area contributed by atoms with Crippen molar-refractivity contribution in [2.24, 2.45) is 10.9 Å². The van der Waals surface area contributed by atoms with Crippen LogP contribution in [0.15, 0.2) is 59.8 Å². The van der Waals surface area contributed by atoms with Crippen LogP contribution in [0.5, 0.6) is 5.75 Å². The SMILES string of the molecule is C[C@@H](N)C(=O)NC/C=C\COc1ccc2c(c1)/C(=N\O)c1ccccc1-2. The van der Waals surface area contributed by atoms with Gasteiger partial charge in [0.1, 0.15) is 18.1 Å². The first-order valence-corrected chi connectivity index (χ1v) is 8.39. The summed E-state index contributed by atoms with van der Waals surface area (Å²) in [6.07, 6.45) is 3.63. The second-order valence-electron chi connectivity index (χ2n) is 6.02. The molecule has 0 fully saturated rings. The number of nitrogens with zero attached hydrogens (tertiary/aromatic N) is 1. The fourth-order valence-electron chi connectivity index (χ4n) is 2.84. The summed E-state index contributed by atoms with van der Waals surface area (Å²) >= 11 is 0. The predicted octanol–water partition coefficient (Wildman–Crippen LogP) is 2.29. The Morgan fingerprint density at radius 3 is 2.65 bits per heavy atom. The number of rotatable bonds is 6. The van der Waals surface area contributed by atoms with E-state index in [1.54, 1.807) is 6.92 Å². The van der Waals surface area contributed by atoms with Crippen LogP contribution in [0.1, 0.15) is 18.1 Å². The standard InChI is InChI=1S/C20H21N3O3/c1-13(21)20(24)22-10-4-5-11-26-14-8-9-16-15-6-2-3-7-17(15)19(23-25)18(16)12-14/h2-9,12-13,25H,10-11,21H2,1H3,(H,22,24)/b5-4-,23-19-/t13-/m1/s1. The maximum atomic E-state index is 11.3. The van der Waals surface area contributed by atoms with Crippen LogP contribution in [0.4, 0.5) is 0 Å². The summed E-state index contributed by atoms with van der Waals surface area (Å²) in [4.78, 5) is 11.3. The van der Waals surface area contributed by atoms with Crippen LogP contribution >= 0.6 is 0 Å². The molecule has 26 heavy (non-hydrogen) atoms. The van der Waals surface area contributed by atoms with E-state index in [1.807, 2.05) is 54.6 Å². The topological polar surface area (TPSA) is 96.9 Å². The maximum Gasteiger partial charge on any atom is 0.236 e. The second kappa shape index (κ2) is 7.84. The quantitative estimate of drug-likeness (QED) is 0.361. The van der Waals surface area contributed by atoms with Gasteiger partial charge in [0.2, 0.25) is 5.91 Å². The molecule has 1 amide bonds. The fourth-order valence-corrected chi connectivity index (χ4v) is 2.84. The van der Waals surface area contributed by atoms with Crippen molar-refractivity contribution >= 4 is 11.6 Å². The van der Waals surface area contributed by atoms with Gasteiger partial charge in [0.25, 0.3) is 0 Å². The molecule has 0 unspecified atom stereocenters. The Morgan fingerprint density at radius 1 is 1.19 bits per heavy atom. The third-order valence-corrected chi connectivity index (χ3v) is 4.14. The zero-order valence-corrected chi connectivity index (χ0v) is 14.5. The highest BCUT2D eigenvalue weighted by Crippen LogP contribution is 2.38. The van der Waals surface area contributed by atoms with Gasteiger partial charge in [-0.25, -0.2) is 0 Å². The second-order valence-corrected chi connectivity index (χ2v) is 6.02. The average Bonchev–Trinajstić information content (AvgIpc) is 2.97. The van der Waals surface area contributed by atoms with E-state index in [-0.39, 0.29) is 5.91 Å². The number of benzene rings is 2. The van der Waals surface area contributed by atoms with Crippen LogP contribution in [0.2, 0.25) is 0 Å². The number of fused-ring (bicyclic) bond motifs is 3. The molecule has 3 rings (SSSR count). The Bertz CT molecular complexity index is 872. The molecule has 0 radical (unpaired) electrons. The van der Waals surface area contributed by atoms with Gasteiger partial charge in [-0.2, -0.15) is 0 Å². The van der Waals surface area contributed by atoms with Crippen molar-refractivity contribution in [2.75, 3.05) is 13.2 Å². The van der Waals surface area contributed by atoms with Gasteiger partial charge in [0, 0.05) is 17.7 Å². The third kappa shape index (κ3) is 3.60. The van der Waals surface area contributed by atoms with Gasteiger partial charge in [0.05, 0.1) is 6.04 Å². The van der Waals surface area contributed by atoms with Crippen LogP contribution in [0.25, 0.3) is 11.1 Å². The lowest BCUT2D eigenvalue weighted by molar-refractivity contribution is -0.121. The molecule has 1 atom stereocenters. The lowest BCUT2D eigenvalue weighted by Gasteiger charge is -2.07. The summed E-state index contributed by atoms with van der Waals surface area (Å²) in [5.41, 5.74) is 9.84. The smallest absolute Gasteiger partial charge is 0.236 e. The number of nitrogens with two attached hydrogens (primary N) is 1. The molecule has 1 aliphatic carbocycles. The van der Waals surface area contributed by atoms with E-state index in [0.717, 1.165) is 22.3 Å². The molecule has 4 N–H and O–H groups in total. The Labute approximate surface area is 152 Å². The van der Waals surface area contributed by atoms with Crippen molar-refractivity contribution in [3.8, 4) is 16.9 Å². The largest absolute Gasteiger partial charge is 0.490 e. The average molecular weight is 351 g/mol. The Balaban J connectivity index is 1.62. The van der Waals surface area contributed by atoms with Gasteiger partial charge in [-0.1, -0.05) is 35.5 Å². The first-order chi connectivity index (χ1) is 12.6. The molecule has 0 aromatic heterocycles. The highest BCUT2D eigenvalue weighted by molar-refractivity contribution is 6.24. The van der Waals surface area contributed by atoms with E-state index in [9.17, 15) is 10.0 Å². The lowest BCUT2D eigenvalue weighted by Crippen LogP contribution is -2.38. The number of amides is 1. The summed E-state index contributed by atoms with van der Waals surface area (Å²) in [6, 6.07) is 13.0. The molecule has 0 heterocycles. The highest BCUT2D eigenvalue weighted by atomic mass is 16.5. The maximum absolute atomic E-state index is 11.3. The number of carbonyl (C=O) groups excluding carboxylic acids is 1. The third-order valence-electron chi connectivity index (χ3n) is 4.14. The van der Waals surface area contributed by atoms with E-state index < -0.39 is 6.04 Å². The van der Waals surface area contributed by atoms with Gasteiger partial charge in [0.15, 0.2) is 0 Å². The van der Waals surface area contributed by atoms with Crippen LogP contribution in [-0.4, -0.2) is 36.0 Å². The normalized spacial score (nSPS) is 14.9. The number of oxime groups is 1. The first kappa shape index (κ1) is 17.7. The molecular formula is C20H21N3O3. The number of hydrogen-bond acceptors (Lipinski definition) is 5. The zero-order chi connectivity index (χ0) is 18.5. The molecule has 2 aromatic carbocycles. The molecule has 134 valence electrons. The molecule has 6 nitrogen and oxygen atoms in total. The summed E-state index contributed by atoms with van der Waals surface area (Å²) < 4.78 is 5.72. The molecule has 6 heteroatoms. The van der Waals surface area contributed by atoms with Gasteiger partial charge < -0.3 is 21.0 Å². The monoisotopic (exact) mass is 351 g/mol. The first-order valence-electron chi connectivity index (χ1n) is 8.39. The van der Waals surface area contributed by atoms with Gasteiger partial charge >= 0.3 is 0 Å². The molecule has 0 bridgehead atoms. The molecule has 0 saturated heterocycles. The Morgan fingerprint density at radius 2 is 1.92 bits per heavy atom. The van der Waals surface area contributed by atoms with Crippen molar-refractivity contribution < 1.29 is 14.7 Å². The summed E-state index contributed by atoms with van der Waals surface area (Å²) in [5.74, 6) is 0.492. The van der Waals surface area contributed by atoms with E-state index >= 15 is 0 Å².